The second kappa shape index (κ2) is 5.65. The molecular formula is C14H11N3O2. The van der Waals surface area contributed by atoms with Crippen molar-refractivity contribution in [1.82, 2.24) is 0 Å². The van der Waals surface area contributed by atoms with Crippen LogP contribution in [0.25, 0.3) is 0 Å². The van der Waals surface area contributed by atoms with Gasteiger partial charge in [-0.3, -0.25) is 0 Å². The van der Waals surface area contributed by atoms with Gasteiger partial charge in [-0.1, -0.05) is 0 Å². The number of nitrogens with zero attached hydrogens (tertiary/aromatic N) is 3. The van der Waals surface area contributed by atoms with Crippen molar-refractivity contribution in [3.63, 3.8) is 0 Å². The van der Waals surface area contributed by atoms with E-state index in [9.17, 15) is 4.91 Å². The van der Waals surface area contributed by atoms with Crippen molar-refractivity contribution in [3.8, 4) is 11.8 Å². The van der Waals surface area contributed by atoms with Gasteiger partial charge in [-0.15, -0.1) is 4.91 Å². The number of hydrogen-bond acceptors (Lipinski definition) is 4. The van der Waals surface area contributed by atoms with Crippen LogP contribution in [-0.4, -0.2) is 7.11 Å². The van der Waals surface area contributed by atoms with Crippen LogP contribution in [0.2, 0.25) is 0 Å². The topological polar surface area (TPSA) is 65.7 Å². The second-order valence-electron chi connectivity index (χ2n) is 3.75. The maximum Gasteiger partial charge on any atom is 0.119 e. The van der Waals surface area contributed by atoms with Crippen LogP contribution in [0, 0.1) is 16.2 Å². The number of nitriles is 1. The first-order valence-corrected chi connectivity index (χ1v) is 5.56. The monoisotopic (exact) mass is 253 g/mol. The molecule has 5 nitrogen and oxygen atoms in total. The highest BCUT2D eigenvalue weighted by molar-refractivity contribution is 5.63. The molecule has 0 amide bonds. The molecule has 0 aromatic heterocycles. The molecule has 2 rings (SSSR count). The molecule has 2 aromatic rings. The SMILES string of the molecule is COc1ccc(N(N=O)c2ccc(C#N)cc2)cc1. The van der Waals surface area contributed by atoms with Gasteiger partial charge >= 0.3 is 0 Å². The van der Waals surface area contributed by atoms with Crippen LogP contribution >= 0.6 is 0 Å². The van der Waals surface area contributed by atoms with E-state index in [1.54, 1.807) is 55.6 Å². The van der Waals surface area contributed by atoms with Crippen molar-refractivity contribution in [2.45, 2.75) is 0 Å². The molecule has 0 saturated carbocycles. The van der Waals surface area contributed by atoms with Gasteiger partial charge in [0, 0.05) is 0 Å². The molecule has 0 radical (unpaired) electrons. The Labute approximate surface area is 110 Å². The summed E-state index contributed by atoms with van der Waals surface area (Å²) < 4.78 is 5.06. The minimum atomic E-state index is 0.532. The first kappa shape index (κ1) is 12.6. The summed E-state index contributed by atoms with van der Waals surface area (Å²) in [6.07, 6.45) is 0. The molecule has 0 N–H and O–H groups in total. The number of ether oxygens (including phenoxy) is 1. The number of hydrogen-bond donors (Lipinski definition) is 0. The van der Waals surface area contributed by atoms with Gasteiger partial charge in [-0.2, -0.15) is 10.3 Å². The van der Waals surface area contributed by atoms with Gasteiger partial charge in [-0.25, -0.2) is 0 Å². The van der Waals surface area contributed by atoms with Gasteiger partial charge in [0.25, 0.3) is 0 Å². The van der Waals surface area contributed by atoms with Crippen molar-refractivity contribution in [2.24, 2.45) is 5.29 Å². The average Bonchev–Trinajstić information content (AvgIpc) is 2.49. The lowest BCUT2D eigenvalue weighted by atomic mass is 10.2. The summed E-state index contributed by atoms with van der Waals surface area (Å²) in [6.45, 7) is 0. The van der Waals surface area contributed by atoms with Crippen LogP contribution in [0.1, 0.15) is 5.56 Å². The summed E-state index contributed by atoms with van der Waals surface area (Å²) in [7, 11) is 1.57. The van der Waals surface area contributed by atoms with Crippen molar-refractivity contribution >= 4 is 11.4 Å². The van der Waals surface area contributed by atoms with Crippen molar-refractivity contribution < 1.29 is 4.74 Å². The predicted octanol–water partition coefficient (Wildman–Crippen LogP) is 3.39. The van der Waals surface area contributed by atoms with Crippen LogP contribution in [0.5, 0.6) is 5.75 Å². The van der Waals surface area contributed by atoms with Gasteiger partial charge in [0.15, 0.2) is 0 Å². The van der Waals surface area contributed by atoms with Gasteiger partial charge in [0.1, 0.15) is 5.75 Å². The van der Waals surface area contributed by atoms with Crippen LogP contribution in [0.3, 0.4) is 0 Å². The van der Waals surface area contributed by atoms with Crippen molar-refractivity contribution in [3.05, 3.63) is 59.0 Å². The van der Waals surface area contributed by atoms with Crippen LogP contribution in [-0.2, 0) is 0 Å². The molecular weight excluding hydrogens is 242 g/mol. The van der Waals surface area contributed by atoms with E-state index in [2.05, 4.69) is 5.29 Å². The van der Waals surface area contributed by atoms with E-state index in [-0.39, 0.29) is 0 Å². The minimum absolute atomic E-state index is 0.532. The standard InChI is InChI=1S/C14H11N3O2/c1-19-14-8-6-13(7-9-14)17(16-18)12-4-2-11(10-15)3-5-12/h2-9H,1H3. The van der Waals surface area contributed by atoms with E-state index in [0.29, 0.717) is 22.7 Å². The molecule has 0 bridgehead atoms. The average molecular weight is 253 g/mol. The lowest BCUT2D eigenvalue weighted by molar-refractivity contribution is 0.415. The lowest BCUT2D eigenvalue weighted by Gasteiger charge is -2.15. The molecule has 0 aliphatic heterocycles. The zero-order valence-corrected chi connectivity index (χ0v) is 10.3. The molecule has 0 aliphatic carbocycles. The van der Waals surface area contributed by atoms with E-state index in [1.807, 2.05) is 6.07 Å². The Balaban J connectivity index is 2.32. The van der Waals surface area contributed by atoms with Crippen molar-refractivity contribution in [2.75, 3.05) is 12.1 Å². The number of rotatable bonds is 4. The van der Waals surface area contributed by atoms with E-state index in [1.165, 1.54) is 5.01 Å². The van der Waals surface area contributed by atoms with E-state index in [4.69, 9.17) is 10.00 Å². The fraction of sp³-hybridized carbons (Fsp3) is 0.0714. The summed E-state index contributed by atoms with van der Waals surface area (Å²) in [4.78, 5) is 11.0. The molecule has 5 heteroatoms. The largest absolute Gasteiger partial charge is 0.497 e. The second-order valence-corrected chi connectivity index (χ2v) is 3.75. The zero-order chi connectivity index (χ0) is 13.7. The minimum Gasteiger partial charge on any atom is -0.497 e. The van der Waals surface area contributed by atoms with Crippen LogP contribution in [0.15, 0.2) is 53.8 Å². The Hall–Kier alpha value is -2.87. The molecule has 0 saturated heterocycles. The van der Waals surface area contributed by atoms with Crippen LogP contribution < -0.4 is 9.75 Å². The Morgan fingerprint density at radius 3 is 2.00 bits per heavy atom. The van der Waals surface area contributed by atoms with Crippen LogP contribution in [0.4, 0.5) is 11.4 Å². The Morgan fingerprint density at radius 1 is 1.05 bits per heavy atom. The van der Waals surface area contributed by atoms with E-state index < -0.39 is 0 Å². The Kier molecular flexibility index (Phi) is 3.74. The highest BCUT2D eigenvalue weighted by atomic mass is 16.5. The molecule has 0 fully saturated rings. The molecule has 0 atom stereocenters. The number of nitroso groups, excluding NO2 is 1. The number of benzene rings is 2. The molecule has 19 heavy (non-hydrogen) atoms. The summed E-state index contributed by atoms with van der Waals surface area (Å²) in [5, 5.41) is 13.0. The molecule has 0 heterocycles. The van der Waals surface area contributed by atoms with Gasteiger partial charge in [0.2, 0.25) is 0 Å². The van der Waals surface area contributed by atoms with E-state index in [0.717, 1.165) is 0 Å². The van der Waals surface area contributed by atoms with E-state index >= 15 is 0 Å². The molecule has 0 unspecified atom stereocenters. The zero-order valence-electron chi connectivity index (χ0n) is 10.3. The maximum atomic E-state index is 11.0. The number of anilines is 2. The summed E-state index contributed by atoms with van der Waals surface area (Å²) in [5.41, 5.74) is 1.75. The summed E-state index contributed by atoms with van der Waals surface area (Å²) >= 11 is 0. The highest BCUT2D eigenvalue weighted by Gasteiger charge is 2.09. The van der Waals surface area contributed by atoms with Gasteiger partial charge < -0.3 is 4.74 Å². The highest BCUT2D eigenvalue weighted by Crippen LogP contribution is 2.27. The molecule has 2 aromatic carbocycles. The molecule has 0 aliphatic rings. The summed E-state index contributed by atoms with van der Waals surface area (Å²) in [5.74, 6) is 0.703. The third kappa shape index (κ3) is 2.69. The third-order valence-electron chi connectivity index (χ3n) is 2.64. The quantitative estimate of drug-likeness (QED) is 0.618. The fourth-order valence-electron chi connectivity index (χ4n) is 1.64. The Morgan fingerprint density at radius 2 is 1.58 bits per heavy atom. The molecule has 94 valence electrons. The number of methoxy groups -OCH3 is 1. The van der Waals surface area contributed by atoms with Gasteiger partial charge in [0.05, 0.1) is 35.4 Å². The Bertz CT molecular complexity index is 600. The first-order chi connectivity index (χ1) is 9.28. The maximum absolute atomic E-state index is 11.0. The first-order valence-electron chi connectivity index (χ1n) is 5.56. The fourth-order valence-corrected chi connectivity index (χ4v) is 1.64. The lowest BCUT2D eigenvalue weighted by Crippen LogP contribution is -2.07. The summed E-state index contributed by atoms with van der Waals surface area (Å²) in [6, 6.07) is 15.6. The smallest absolute Gasteiger partial charge is 0.119 e. The normalized spacial score (nSPS) is 9.47. The van der Waals surface area contributed by atoms with Crippen molar-refractivity contribution in [1.29, 1.82) is 5.26 Å². The third-order valence-corrected chi connectivity index (χ3v) is 2.64. The molecule has 0 spiro atoms. The predicted molar refractivity (Wildman–Crippen MR) is 72.1 cm³/mol. The van der Waals surface area contributed by atoms with Gasteiger partial charge in [-0.05, 0) is 48.5 Å².